The molecular formula is C16H20N2OS. The van der Waals surface area contributed by atoms with Crippen LogP contribution >= 0.6 is 11.8 Å². The number of nitrogens with one attached hydrogen (secondary N) is 1. The molecule has 0 aliphatic carbocycles. The second-order valence-electron chi connectivity index (χ2n) is 5.01. The van der Waals surface area contributed by atoms with Gasteiger partial charge in [0.25, 0.3) is 5.56 Å². The average Bonchev–Trinajstić information content (AvgIpc) is 2.39. The first-order valence-electron chi connectivity index (χ1n) is 6.80. The summed E-state index contributed by atoms with van der Waals surface area (Å²) in [5.74, 6) is 0.821. The zero-order chi connectivity index (χ0) is 14.7. The molecule has 0 atom stereocenters. The Labute approximate surface area is 123 Å². The smallest absolute Gasteiger partial charge is 0.254 e. The molecule has 0 unspecified atom stereocenters. The van der Waals surface area contributed by atoms with Crippen LogP contribution in [0.5, 0.6) is 0 Å². The summed E-state index contributed by atoms with van der Waals surface area (Å²) < 4.78 is 0. The fourth-order valence-corrected chi connectivity index (χ4v) is 3.14. The van der Waals surface area contributed by atoms with E-state index in [2.05, 4.69) is 42.0 Å². The first kappa shape index (κ1) is 14.9. The quantitative estimate of drug-likeness (QED) is 0.691. The third kappa shape index (κ3) is 3.31. The van der Waals surface area contributed by atoms with Crippen LogP contribution in [0.1, 0.15) is 34.9 Å². The van der Waals surface area contributed by atoms with Gasteiger partial charge in [-0.25, -0.2) is 4.98 Å². The summed E-state index contributed by atoms with van der Waals surface area (Å²) in [6.07, 6.45) is 0.718. The van der Waals surface area contributed by atoms with Crippen molar-refractivity contribution < 1.29 is 0 Å². The fourth-order valence-electron chi connectivity index (χ4n) is 2.17. The molecule has 20 heavy (non-hydrogen) atoms. The van der Waals surface area contributed by atoms with Crippen molar-refractivity contribution in [1.29, 1.82) is 0 Å². The maximum Gasteiger partial charge on any atom is 0.254 e. The predicted molar refractivity (Wildman–Crippen MR) is 84.4 cm³/mol. The Balaban J connectivity index is 2.19. The molecule has 1 heterocycles. The van der Waals surface area contributed by atoms with Crippen molar-refractivity contribution in [2.75, 3.05) is 0 Å². The van der Waals surface area contributed by atoms with Gasteiger partial charge >= 0.3 is 0 Å². The van der Waals surface area contributed by atoms with Gasteiger partial charge in [-0.3, -0.25) is 4.79 Å². The van der Waals surface area contributed by atoms with E-state index in [4.69, 9.17) is 0 Å². The SMILES string of the molecule is CCc1c(C)nc(SCc2cc(C)ccc2C)[nH]c1=O. The van der Waals surface area contributed by atoms with Crippen molar-refractivity contribution in [2.45, 2.75) is 45.0 Å². The number of benzene rings is 1. The van der Waals surface area contributed by atoms with E-state index in [1.54, 1.807) is 11.8 Å². The van der Waals surface area contributed by atoms with Crippen LogP contribution in [0, 0.1) is 20.8 Å². The molecule has 1 N–H and O–H groups in total. The molecule has 1 aromatic carbocycles. The largest absolute Gasteiger partial charge is 0.301 e. The standard InChI is InChI=1S/C16H20N2OS/c1-5-14-12(4)17-16(18-15(14)19)20-9-13-8-10(2)6-7-11(13)3/h6-8H,5,9H2,1-4H3,(H,17,18,19). The lowest BCUT2D eigenvalue weighted by atomic mass is 10.1. The highest BCUT2D eigenvalue weighted by atomic mass is 32.2. The Hall–Kier alpha value is -1.55. The molecule has 0 radical (unpaired) electrons. The van der Waals surface area contributed by atoms with Crippen molar-refractivity contribution in [1.82, 2.24) is 9.97 Å². The summed E-state index contributed by atoms with van der Waals surface area (Å²) in [5, 5.41) is 0.700. The van der Waals surface area contributed by atoms with Gasteiger partial charge in [-0.2, -0.15) is 0 Å². The van der Waals surface area contributed by atoms with E-state index in [9.17, 15) is 4.79 Å². The van der Waals surface area contributed by atoms with Crippen LogP contribution in [0.15, 0.2) is 28.2 Å². The maximum atomic E-state index is 11.9. The molecule has 2 aromatic rings. The van der Waals surface area contributed by atoms with Crippen molar-refractivity contribution in [3.05, 3.63) is 56.5 Å². The Kier molecular flexibility index (Phi) is 4.65. The molecule has 0 saturated heterocycles. The van der Waals surface area contributed by atoms with Crippen LogP contribution in [0.4, 0.5) is 0 Å². The molecule has 0 bridgehead atoms. The third-order valence-corrected chi connectivity index (χ3v) is 4.35. The van der Waals surface area contributed by atoms with Crippen molar-refractivity contribution >= 4 is 11.8 Å². The lowest BCUT2D eigenvalue weighted by Gasteiger charge is -2.08. The van der Waals surface area contributed by atoms with Gasteiger partial charge in [-0.1, -0.05) is 42.4 Å². The number of aromatic amines is 1. The van der Waals surface area contributed by atoms with E-state index in [-0.39, 0.29) is 5.56 Å². The Morgan fingerprint density at radius 3 is 2.65 bits per heavy atom. The molecule has 0 aliphatic rings. The summed E-state index contributed by atoms with van der Waals surface area (Å²) in [7, 11) is 0. The first-order valence-corrected chi connectivity index (χ1v) is 7.78. The molecule has 0 aliphatic heterocycles. The normalized spacial score (nSPS) is 10.8. The summed E-state index contributed by atoms with van der Waals surface area (Å²) >= 11 is 1.58. The molecule has 3 nitrogen and oxygen atoms in total. The Bertz CT molecular complexity index is 677. The van der Waals surface area contributed by atoms with Crippen molar-refractivity contribution in [3.8, 4) is 0 Å². The maximum absolute atomic E-state index is 11.9. The Morgan fingerprint density at radius 1 is 1.25 bits per heavy atom. The second-order valence-corrected chi connectivity index (χ2v) is 5.97. The highest BCUT2D eigenvalue weighted by Gasteiger charge is 2.07. The average molecular weight is 288 g/mol. The van der Waals surface area contributed by atoms with Gasteiger partial charge in [0.05, 0.1) is 0 Å². The van der Waals surface area contributed by atoms with Crippen LogP contribution in [-0.2, 0) is 12.2 Å². The van der Waals surface area contributed by atoms with E-state index in [1.807, 2.05) is 13.8 Å². The van der Waals surface area contributed by atoms with Gasteiger partial charge in [-0.05, 0) is 38.3 Å². The van der Waals surface area contributed by atoms with Crippen LogP contribution in [0.25, 0.3) is 0 Å². The van der Waals surface area contributed by atoms with E-state index >= 15 is 0 Å². The minimum Gasteiger partial charge on any atom is -0.301 e. The minimum absolute atomic E-state index is 0.0107. The van der Waals surface area contributed by atoms with Crippen LogP contribution in [0.2, 0.25) is 0 Å². The number of rotatable bonds is 4. The first-order chi connectivity index (χ1) is 9.51. The summed E-state index contributed by atoms with van der Waals surface area (Å²) in [4.78, 5) is 19.3. The predicted octanol–water partition coefficient (Wildman–Crippen LogP) is 3.55. The zero-order valence-corrected chi connectivity index (χ0v) is 13.2. The van der Waals surface area contributed by atoms with Crippen LogP contribution in [0.3, 0.4) is 0 Å². The van der Waals surface area contributed by atoms with Crippen molar-refractivity contribution in [3.63, 3.8) is 0 Å². The third-order valence-electron chi connectivity index (χ3n) is 3.42. The lowest BCUT2D eigenvalue weighted by molar-refractivity contribution is 0.858. The monoisotopic (exact) mass is 288 g/mol. The number of aromatic nitrogens is 2. The van der Waals surface area contributed by atoms with E-state index < -0.39 is 0 Å². The number of H-pyrrole nitrogens is 1. The highest BCUT2D eigenvalue weighted by Crippen LogP contribution is 2.22. The van der Waals surface area contributed by atoms with Gasteiger partial charge in [0, 0.05) is 17.0 Å². The second kappa shape index (κ2) is 6.27. The molecule has 1 aromatic heterocycles. The summed E-state index contributed by atoms with van der Waals surface area (Å²) in [6.45, 7) is 8.07. The lowest BCUT2D eigenvalue weighted by Crippen LogP contribution is -2.16. The summed E-state index contributed by atoms with van der Waals surface area (Å²) in [6, 6.07) is 6.43. The van der Waals surface area contributed by atoms with Crippen LogP contribution < -0.4 is 5.56 Å². The van der Waals surface area contributed by atoms with E-state index in [1.165, 1.54) is 16.7 Å². The number of nitrogens with zero attached hydrogens (tertiary/aromatic N) is 1. The van der Waals surface area contributed by atoms with Gasteiger partial charge in [0.15, 0.2) is 5.16 Å². The molecule has 4 heteroatoms. The minimum atomic E-state index is -0.0107. The molecule has 0 saturated carbocycles. The van der Waals surface area contributed by atoms with Gasteiger partial charge in [-0.15, -0.1) is 0 Å². The van der Waals surface area contributed by atoms with Crippen molar-refractivity contribution in [2.24, 2.45) is 0 Å². The Morgan fingerprint density at radius 2 is 2.00 bits per heavy atom. The molecule has 0 amide bonds. The molecule has 2 rings (SSSR count). The topological polar surface area (TPSA) is 45.8 Å². The van der Waals surface area contributed by atoms with Gasteiger partial charge in [0.2, 0.25) is 0 Å². The summed E-state index contributed by atoms with van der Waals surface area (Å²) in [5.41, 5.74) is 5.41. The van der Waals surface area contributed by atoms with Crippen LogP contribution in [-0.4, -0.2) is 9.97 Å². The molecule has 0 fully saturated rings. The van der Waals surface area contributed by atoms with Gasteiger partial charge < -0.3 is 4.98 Å². The molecular weight excluding hydrogens is 268 g/mol. The van der Waals surface area contributed by atoms with Gasteiger partial charge in [0.1, 0.15) is 0 Å². The number of hydrogen-bond acceptors (Lipinski definition) is 3. The zero-order valence-electron chi connectivity index (χ0n) is 12.4. The molecule has 106 valence electrons. The molecule has 0 spiro atoms. The van der Waals surface area contributed by atoms with E-state index in [0.29, 0.717) is 5.16 Å². The highest BCUT2D eigenvalue weighted by molar-refractivity contribution is 7.98. The number of thioether (sulfide) groups is 1. The number of hydrogen-bond donors (Lipinski definition) is 1. The number of aryl methyl sites for hydroxylation is 3. The fraction of sp³-hybridized carbons (Fsp3) is 0.375. The van der Waals surface area contributed by atoms with E-state index in [0.717, 1.165) is 23.4 Å².